The Balaban J connectivity index is 2.16. The van der Waals surface area contributed by atoms with Crippen LogP contribution in [0.25, 0.3) is 0 Å². The van der Waals surface area contributed by atoms with Crippen molar-refractivity contribution in [2.45, 2.75) is 11.8 Å². The molecule has 5 nitrogen and oxygen atoms in total. The van der Waals surface area contributed by atoms with Gasteiger partial charge in [0, 0.05) is 5.56 Å². The molecule has 0 radical (unpaired) electrons. The van der Waals surface area contributed by atoms with Crippen molar-refractivity contribution in [1.82, 2.24) is 4.31 Å². The molecular formula is C15H11NO4S. The van der Waals surface area contributed by atoms with Gasteiger partial charge in [0.15, 0.2) is 0 Å². The van der Waals surface area contributed by atoms with E-state index in [0.29, 0.717) is 9.87 Å². The topological polar surface area (TPSA) is 71.5 Å². The first kappa shape index (κ1) is 13.5. The standard InChI is InChI=1S/C15H11NO4S/c1-10-6-2-3-7-11(10)14(17)16-15(18)12-8-4-5-9-13(12)21(16,19)20/h2-9H,1H3. The van der Waals surface area contributed by atoms with E-state index in [1.165, 1.54) is 24.3 Å². The Kier molecular flexibility index (Phi) is 2.91. The minimum absolute atomic E-state index is 0.0273. The van der Waals surface area contributed by atoms with E-state index in [0.717, 1.165) is 0 Å². The third-order valence-corrected chi connectivity index (χ3v) is 5.10. The van der Waals surface area contributed by atoms with Crippen LogP contribution in [0.1, 0.15) is 26.3 Å². The molecule has 0 atom stereocenters. The van der Waals surface area contributed by atoms with Crippen LogP contribution < -0.4 is 0 Å². The summed E-state index contributed by atoms with van der Waals surface area (Å²) in [7, 11) is -4.13. The maximum atomic E-state index is 12.5. The second-order valence-electron chi connectivity index (χ2n) is 4.69. The number of carbonyl (C=O) groups excluding carboxylic acids is 2. The third-order valence-electron chi connectivity index (χ3n) is 3.38. The SMILES string of the molecule is Cc1ccccc1C(=O)N1C(=O)c2ccccc2S1(=O)=O. The number of hydrogen-bond donors (Lipinski definition) is 0. The van der Waals surface area contributed by atoms with E-state index < -0.39 is 21.8 Å². The Morgan fingerprint density at radius 1 is 1.00 bits per heavy atom. The molecule has 0 bridgehead atoms. The molecule has 21 heavy (non-hydrogen) atoms. The van der Waals surface area contributed by atoms with Crippen molar-refractivity contribution in [3.8, 4) is 0 Å². The van der Waals surface area contributed by atoms with Gasteiger partial charge in [-0.25, -0.2) is 8.42 Å². The van der Waals surface area contributed by atoms with Gasteiger partial charge in [-0.1, -0.05) is 30.3 Å². The van der Waals surface area contributed by atoms with Gasteiger partial charge in [0.1, 0.15) is 4.90 Å². The van der Waals surface area contributed by atoms with Crippen LogP contribution in [0, 0.1) is 6.92 Å². The Morgan fingerprint density at radius 2 is 1.62 bits per heavy atom. The van der Waals surface area contributed by atoms with Gasteiger partial charge in [0.2, 0.25) is 0 Å². The summed E-state index contributed by atoms with van der Waals surface area (Å²) in [6.45, 7) is 1.69. The van der Waals surface area contributed by atoms with Crippen LogP contribution in [0.4, 0.5) is 0 Å². The molecule has 2 aromatic rings. The largest absolute Gasteiger partial charge is 0.276 e. The average molecular weight is 301 g/mol. The number of hydrogen-bond acceptors (Lipinski definition) is 4. The number of nitrogens with zero attached hydrogens (tertiary/aromatic N) is 1. The lowest BCUT2D eigenvalue weighted by Crippen LogP contribution is -2.36. The summed E-state index contributed by atoms with van der Waals surface area (Å²) in [5.74, 6) is -1.63. The van der Waals surface area contributed by atoms with E-state index in [1.54, 1.807) is 31.2 Å². The average Bonchev–Trinajstić information content (AvgIpc) is 2.67. The van der Waals surface area contributed by atoms with Crippen LogP contribution in [0.15, 0.2) is 53.4 Å². The second kappa shape index (κ2) is 4.53. The van der Waals surface area contributed by atoms with Crippen molar-refractivity contribution < 1.29 is 18.0 Å². The minimum Gasteiger partial charge on any atom is -0.267 e. The molecule has 106 valence electrons. The molecule has 1 heterocycles. The number of amides is 2. The van der Waals surface area contributed by atoms with Crippen molar-refractivity contribution in [1.29, 1.82) is 0 Å². The number of sulfonamides is 1. The van der Waals surface area contributed by atoms with Crippen molar-refractivity contribution in [3.63, 3.8) is 0 Å². The van der Waals surface area contributed by atoms with E-state index in [1.807, 2.05) is 0 Å². The number of benzene rings is 2. The molecule has 1 aliphatic heterocycles. The fourth-order valence-corrected chi connectivity index (χ4v) is 3.82. The van der Waals surface area contributed by atoms with Gasteiger partial charge in [-0.05, 0) is 30.7 Å². The van der Waals surface area contributed by atoms with Gasteiger partial charge in [-0.15, -0.1) is 0 Å². The van der Waals surface area contributed by atoms with Crippen LogP contribution in [-0.2, 0) is 10.0 Å². The summed E-state index contributed by atoms with van der Waals surface area (Å²) < 4.78 is 25.2. The van der Waals surface area contributed by atoms with E-state index in [2.05, 4.69) is 0 Å². The normalized spacial score (nSPS) is 15.9. The summed E-state index contributed by atoms with van der Waals surface area (Å²) in [5.41, 5.74) is 0.836. The fraction of sp³-hybridized carbons (Fsp3) is 0.0667. The Morgan fingerprint density at radius 3 is 2.29 bits per heavy atom. The number of carbonyl (C=O) groups is 2. The Labute approximate surface area is 121 Å². The summed E-state index contributed by atoms with van der Waals surface area (Å²) in [5, 5.41) is 0. The summed E-state index contributed by atoms with van der Waals surface area (Å²) in [4.78, 5) is 24.6. The number of aryl methyl sites for hydroxylation is 1. The zero-order chi connectivity index (χ0) is 15.2. The van der Waals surface area contributed by atoms with E-state index in [-0.39, 0.29) is 16.0 Å². The molecule has 2 aromatic carbocycles. The van der Waals surface area contributed by atoms with Gasteiger partial charge >= 0.3 is 0 Å². The van der Waals surface area contributed by atoms with E-state index >= 15 is 0 Å². The lowest BCUT2D eigenvalue weighted by atomic mass is 10.1. The van der Waals surface area contributed by atoms with E-state index in [9.17, 15) is 18.0 Å². The summed E-state index contributed by atoms with van der Waals surface area (Å²) >= 11 is 0. The summed E-state index contributed by atoms with van der Waals surface area (Å²) in [6.07, 6.45) is 0. The quantitative estimate of drug-likeness (QED) is 0.755. The minimum atomic E-state index is -4.13. The van der Waals surface area contributed by atoms with E-state index in [4.69, 9.17) is 0 Å². The maximum Gasteiger partial charge on any atom is 0.276 e. The van der Waals surface area contributed by atoms with Gasteiger partial charge in [0.25, 0.3) is 21.8 Å². The summed E-state index contributed by atoms with van der Waals surface area (Å²) in [6, 6.07) is 12.4. The monoisotopic (exact) mass is 301 g/mol. The molecule has 0 spiro atoms. The number of fused-ring (bicyclic) bond motifs is 1. The third kappa shape index (κ3) is 1.87. The maximum absolute atomic E-state index is 12.5. The first-order chi connectivity index (χ1) is 9.94. The smallest absolute Gasteiger partial charge is 0.267 e. The van der Waals surface area contributed by atoms with Crippen LogP contribution in [0.3, 0.4) is 0 Å². The highest BCUT2D eigenvalue weighted by atomic mass is 32.2. The van der Waals surface area contributed by atoms with Gasteiger partial charge in [0.05, 0.1) is 5.56 Å². The molecule has 0 saturated carbocycles. The highest BCUT2D eigenvalue weighted by molar-refractivity contribution is 7.90. The molecule has 0 aliphatic carbocycles. The lowest BCUT2D eigenvalue weighted by Gasteiger charge is -2.14. The fourth-order valence-electron chi connectivity index (χ4n) is 2.31. The van der Waals surface area contributed by atoms with Crippen LogP contribution in [0.2, 0.25) is 0 Å². The molecule has 0 fully saturated rings. The Bertz CT molecular complexity index is 871. The van der Waals surface area contributed by atoms with Gasteiger partial charge in [-0.3, -0.25) is 9.59 Å². The van der Waals surface area contributed by atoms with Crippen LogP contribution in [0.5, 0.6) is 0 Å². The predicted octanol–water partition coefficient (Wildman–Crippen LogP) is 1.98. The first-order valence-electron chi connectivity index (χ1n) is 6.23. The molecule has 2 amide bonds. The number of rotatable bonds is 1. The van der Waals surface area contributed by atoms with Crippen LogP contribution >= 0.6 is 0 Å². The Hall–Kier alpha value is -2.47. The second-order valence-corrected chi connectivity index (χ2v) is 6.45. The lowest BCUT2D eigenvalue weighted by molar-refractivity contribution is 0.0739. The molecule has 3 rings (SSSR count). The molecule has 6 heteroatoms. The molecule has 0 aromatic heterocycles. The molecular weight excluding hydrogens is 290 g/mol. The molecule has 0 N–H and O–H groups in total. The highest BCUT2D eigenvalue weighted by Crippen LogP contribution is 2.31. The van der Waals surface area contributed by atoms with Gasteiger partial charge < -0.3 is 0 Å². The van der Waals surface area contributed by atoms with Crippen molar-refractivity contribution >= 4 is 21.8 Å². The predicted molar refractivity (Wildman–Crippen MR) is 75.3 cm³/mol. The van der Waals surface area contributed by atoms with Gasteiger partial charge in [-0.2, -0.15) is 4.31 Å². The zero-order valence-corrected chi connectivity index (χ0v) is 11.9. The van der Waals surface area contributed by atoms with Crippen molar-refractivity contribution in [3.05, 3.63) is 65.2 Å². The first-order valence-corrected chi connectivity index (χ1v) is 7.67. The molecule has 0 saturated heterocycles. The zero-order valence-electron chi connectivity index (χ0n) is 11.1. The highest BCUT2D eigenvalue weighted by Gasteiger charge is 2.45. The molecule has 1 aliphatic rings. The van der Waals surface area contributed by atoms with Crippen molar-refractivity contribution in [2.75, 3.05) is 0 Å². The van der Waals surface area contributed by atoms with Crippen molar-refractivity contribution in [2.24, 2.45) is 0 Å². The van der Waals surface area contributed by atoms with Crippen LogP contribution in [-0.4, -0.2) is 24.5 Å². The molecule has 0 unspecified atom stereocenters. The number of imide groups is 1.